The second kappa shape index (κ2) is 6.42. The highest BCUT2D eigenvalue weighted by atomic mass is 19.3. The number of nitrogens with zero attached hydrogens (tertiary/aromatic N) is 3. The number of rotatable bonds is 6. The average molecular weight is 261 g/mol. The van der Waals surface area contributed by atoms with Gasteiger partial charge in [-0.05, 0) is 20.3 Å². The van der Waals surface area contributed by atoms with Gasteiger partial charge in [0, 0.05) is 0 Å². The van der Waals surface area contributed by atoms with E-state index in [4.69, 9.17) is 0 Å². The molecule has 0 spiro atoms. The van der Waals surface area contributed by atoms with E-state index in [-0.39, 0.29) is 12.6 Å². The quantitative estimate of drug-likeness (QED) is 0.739. The van der Waals surface area contributed by atoms with Crippen LogP contribution in [0.1, 0.15) is 62.3 Å². The Hall–Kier alpha value is -1.53. The molecule has 0 aliphatic rings. The van der Waals surface area contributed by atoms with Crippen LogP contribution < -0.4 is 0 Å². The molecule has 0 bridgehead atoms. The molecule has 1 heterocycles. The van der Waals surface area contributed by atoms with Gasteiger partial charge in [-0.2, -0.15) is 0 Å². The Morgan fingerprint density at radius 3 is 2.61 bits per heavy atom. The summed E-state index contributed by atoms with van der Waals surface area (Å²) in [5, 5.41) is 7.16. The topological polar surface area (TPSA) is 57.0 Å². The van der Waals surface area contributed by atoms with Crippen LogP contribution in [0.15, 0.2) is 0 Å². The third-order valence-corrected chi connectivity index (χ3v) is 2.53. The highest BCUT2D eigenvalue weighted by Gasteiger charge is 2.29. The Bertz CT molecular complexity index is 407. The molecular formula is C11H17F2N3O2. The van der Waals surface area contributed by atoms with Crippen molar-refractivity contribution in [2.24, 2.45) is 0 Å². The lowest BCUT2D eigenvalue weighted by atomic mass is 10.2. The maximum atomic E-state index is 13.0. The highest BCUT2D eigenvalue weighted by Crippen LogP contribution is 2.26. The summed E-state index contributed by atoms with van der Waals surface area (Å²) < 4.78 is 31.8. The number of halogens is 2. The number of carbonyl (C=O) groups is 1. The lowest BCUT2D eigenvalue weighted by Gasteiger charge is -2.13. The molecule has 1 aromatic rings. The van der Waals surface area contributed by atoms with Crippen molar-refractivity contribution in [2.75, 3.05) is 6.61 Å². The molecular weight excluding hydrogens is 244 g/mol. The van der Waals surface area contributed by atoms with Crippen molar-refractivity contribution in [1.29, 1.82) is 0 Å². The van der Waals surface area contributed by atoms with E-state index in [0.29, 0.717) is 6.42 Å². The van der Waals surface area contributed by atoms with Crippen molar-refractivity contribution >= 4 is 5.97 Å². The van der Waals surface area contributed by atoms with Gasteiger partial charge in [-0.1, -0.05) is 18.6 Å². The summed E-state index contributed by atoms with van der Waals surface area (Å²) in [6, 6.07) is -0.227. The third kappa shape index (κ3) is 3.02. The van der Waals surface area contributed by atoms with Crippen LogP contribution in [0.3, 0.4) is 0 Å². The predicted octanol–water partition coefficient (Wildman–Crippen LogP) is 2.75. The first kappa shape index (κ1) is 14.5. The average Bonchev–Trinajstić information content (AvgIpc) is 2.74. The van der Waals surface area contributed by atoms with Gasteiger partial charge in [-0.25, -0.2) is 18.3 Å². The molecule has 5 nitrogen and oxygen atoms in total. The normalized spacial score (nSPS) is 12.8. The lowest BCUT2D eigenvalue weighted by Crippen LogP contribution is -2.14. The molecule has 1 aromatic heterocycles. The van der Waals surface area contributed by atoms with E-state index in [1.54, 1.807) is 13.8 Å². The van der Waals surface area contributed by atoms with E-state index in [2.05, 4.69) is 15.0 Å². The Morgan fingerprint density at radius 1 is 1.44 bits per heavy atom. The molecule has 0 aliphatic carbocycles. The number of hydrogen-bond donors (Lipinski definition) is 0. The van der Waals surface area contributed by atoms with Gasteiger partial charge < -0.3 is 4.74 Å². The van der Waals surface area contributed by atoms with Crippen molar-refractivity contribution in [3.8, 4) is 0 Å². The first-order valence-corrected chi connectivity index (χ1v) is 5.93. The van der Waals surface area contributed by atoms with E-state index in [9.17, 15) is 13.6 Å². The van der Waals surface area contributed by atoms with Crippen LogP contribution in [0, 0.1) is 0 Å². The molecule has 1 rings (SSSR count). The first-order valence-electron chi connectivity index (χ1n) is 5.93. The molecule has 0 fully saturated rings. The van der Waals surface area contributed by atoms with Gasteiger partial charge >= 0.3 is 5.97 Å². The minimum Gasteiger partial charge on any atom is -0.461 e. The molecule has 18 heavy (non-hydrogen) atoms. The largest absolute Gasteiger partial charge is 0.461 e. The molecule has 1 unspecified atom stereocenters. The van der Waals surface area contributed by atoms with Crippen LogP contribution in [0.2, 0.25) is 0 Å². The van der Waals surface area contributed by atoms with Gasteiger partial charge in [0.25, 0.3) is 6.43 Å². The fraction of sp³-hybridized carbons (Fsp3) is 0.727. The van der Waals surface area contributed by atoms with Gasteiger partial charge in [0.05, 0.1) is 12.6 Å². The molecule has 0 aliphatic heterocycles. The Balaban J connectivity index is 3.10. The smallest absolute Gasteiger partial charge is 0.361 e. The Kier molecular flexibility index (Phi) is 5.18. The van der Waals surface area contributed by atoms with Gasteiger partial charge in [-0.15, -0.1) is 5.10 Å². The van der Waals surface area contributed by atoms with Crippen LogP contribution >= 0.6 is 0 Å². The van der Waals surface area contributed by atoms with Crippen molar-refractivity contribution in [3.63, 3.8) is 0 Å². The van der Waals surface area contributed by atoms with Crippen LogP contribution in [0.25, 0.3) is 0 Å². The van der Waals surface area contributed by atoms with E-state index < -0.39 is 23.8 Å². The van der Waals surface area contributed by atoms with E-state index >= 15 is 0 Å². The number of esters is 1. The zero-order valence-corrected chi connectivity index (χ0v) is 10.7. The SMILES string of the molecule is CCCC(C)n1nnc(C(=O)OCC)c1C(F)F. The first-order chi connectivity index (χ1) is 8.52. The third-order valence-electron chi connectivity index (χ3n) is 2.53. The van der Waals surface area contributed by atoms with Crippen molar-refractivity contribution in [2.45, 2.75) is 46.1 Å². The summed E-state index contributed by atoms with van der Waals surface area (Å²) in [4.78, 5) is 11.5. The lowest BCUT2D eigenvalue weighted by molar-refractivity contribution is 0.0506. The molecule has 0 saturated carbocycles. The fourth-order valence-corrected chi connectivity index (χ4v) is 1.71. The van der Waals surface area contributed by atoms with Crippen LogP contribution in [0.4, 0.5) is 8.78 Å². The molecule has 0 N–H and O–H groups in total. The van der Waals surface area contributed by atoms with E-state index in [0.717, 1.165) is 11.1 Å². The number of carbonyl (C=O) groups excluding carboxylic acids is 1. The summed E-state index contributed by atoms with van der Waals surface area (Å²) in [7, 11) is 0. The summed E-state index contributed by atoms with van der Waals surface area (Å²) in [6.07, 6.45) is -1.29. The number of ether oxygens (including phenoxy) is 1. The van der Waals surface area contributed by atoms with Crippen LogP contribution in [0.5, 0.6) is 0 Å². The second-order valence-electron chi connectivity index (χ2n) is 3.93. The van der Waals surface area contributed by atoms with Gasteiger partial charge in [0.1, 0.15) is 5.69 Å². The molecule has 1 atom stereocenters. The van der Waals surface area contributed by atoms with Crippen LogP contribution in [-0.2, 0) is 4.74 Å². The van der Waals surface area contributed by atoms with Gasteiger partial charge in [0.2, 0.25) is 0 Å². The molecule has 0 aromatic carbocycles. The summed E-state index contributed by atoms with van der Waals surface area (Å²) in [6.45, 7) is 5.42. The summed E-state index contributed by atoms with van der Waals surface area (Å²) in [5.41, 5.74) is -0.857. The van der Waals surface area contributed by atoms with Crippen molar-refractivity contribution in [3.05, 3.63) is 11.4 Å². The number of alkyl halides is 2. The fourth-order valence-electron chi connectivity index (χ4n) is 1.71. The zero-order valence-electron chi connectivity index (χ0n) is 10.7. The second-order valence-corrected chi connectivity index (χ2v) is 3.93. The van der Waals surface area contributed by atoms with E-state index in [1.807, 2.05) is 6.92 Å². The molecule has 102 valence electrons. The number of aromatic nitrogens is 3. The minimum atomic E-state index is -2.81. The molecule has 7 heteroatoms. The van der Waals surface area contributed by atoms with Gasteiger partial charge in [0.15, 0.2) is 5.69 Å². The minimum absolute atomic E-state index is 0.110. The van der Waals surface area contributed by atoms with Crippen LogP contribution in [-0.4, -0.2) is 27.6 Å². The van der Waals surface area contributed by atoms with Gasteiger partial charge in [-0.3, -0.25) is 0 Å². The molecule has 0 amide bonds. The maximum Gasteiger partial charge on any atom is 0.361 e. The van der Waals surface area contributed by atoms with Crippen molar-refractivity contribution < 1.29 is 18.3 Å². The molecule has 0 saturated heterocycles. The van der Waals surface area contributed by atoms with E-state index in [1.165, 1.54) is 0 Å². The monoisotopic (exact) mass is 261 g/mol. The Labute approximate surface area is 104 Å². The Morgan fingerprint density at radius 2 is 2.11 bits per heavy atom. The molecule has 0 radical (unpaired) electrons. The zero-order chi connectivity index (χ0) is 13.7. The maximum absolute atomic E-state index is 13.0. The summed E-state index contributed by atoms with van der Waals surface area (Å²) in [5.74, 6) is -0.859. The predicted molar refractivity (Wildman–Crippen MR) is 60.6 cm³/mol. The number of hydrogen-bond acceptors (Lipinski definition) is 4. The highest BCUT2D eigenvalue weighted by molar-refractivity contribution is 5.88. The standard InChI is InChI=1S/C11H17F2N3O2/c1-4-6-7(3)16-9(10(12)13)8(14-15-16)11(17)18-5-2/h7,10H,4-6H2,1-3H3. The van der Waals surface area contributed by atoms with Crippen molar-refractivity contribution in [1.82, 2.24) is 15.0 Å². The summed E-state index contributed by atoms with van der Waals surface area (Å²) >= 11 is 0.